The first-order chi connectivity index (χ1) is 8.17. The van der Waals surface area contributed by atoms with Crippen LogP contribution in [0.4, 0.5) is 0 Å². The third kappa shape index (κ3) is 4.50. The second-order valence-corrected chi connectivity index (χ2v) is 4.07. The molecule has 0 aliphatic carbocycles. The van der Waals surface area contributed by atoms with Gasteiger partial charge in [-0.25, -0.2) is 0 Å². The molecule has 4 N–H and O–H groups in total. The molecule has 1 heterocycles. The fourth-order valence-electron chi connectivity index (χ4n) is 1.42. The molecular formula is C12H19N3O2. The number of aliphatic hydroxyl groups is 1. The van der Waals surface area contributed by atoms with Crippen LogP contribution in [0.3, 0.4) is 0 Å². The molecule has 0 saturated carbocycles. The van der Waals surface area contributed by atoms with E-state index in [1.54, 1.807) is 18.3 Å². The number of nitrogens with zero attached hydrogens (tertiary/aromatic N) is 1. The fourth-order valence-corrected chi connectivity index (χ4v) is 1.42. The second kappa shape index (κ2) is 6.98. The highest BCUT2D eigenvalue weighted by molar-refractivity contribution is 5.94. The lowest BCUT2D eigenvalue weighted by atomic mass is 10.1. The van der Waals surface area contributed by atoms with Gasteiger partial charge in [-0.15, -0.1) is 0 Å². The maximum atomic E-state index is 11.8. The smallest absolute Gasteiger partial charge is 0.251 e. The summed E-state index contributed by atoms with van der Waals surface area (Å²) in [5.41, 5.74) is 6.72. The summed E-state index contributed by atoms with van der Waals surface area (Å²) < 4.78 is 0. The molecule has 1 rings (SSSR count). The molecule has 5 nitrogen and oxygen atoms in total. The van der Waals surface area contributed by atoms with Crippen LogP contribution in [0.25, 0.3) is 0 Å². The molecular weight excluding hydrogens is 218 g/mol. The van der Waals surface area contributed by atoms with Crippen LogP contribution in [-0.4, -0.2) is 29.1 Å². The number of carbonyl (C=O) groups is 1. The van der Waals surface area contributed by atoms with E-state index in [2.05, 4.69) is 10.3 Å². The van der Waals surface area contributed by atoms with Gasteiger partial charge in [0.05, 0.1) is 5.69 Å². The zero-order valence-electron chi connectivity index (χ0n) is 10.0. The number of aliphatic hydroxyl groups excluding tert-OH is 1. The van der Waals surface area contributed by atoms with Gasteiger partial charge in [0.25, 0.3) is 5.91 Å². The highest BCUT2D eigenvalue weighted by Gasteiger charge is 2.08. The van der Waals surface area contributed by atoms with E-state index in [0.717, 1.165) is 0 Å². The minimum absolute atomic E-state index is 0.133. The number of carbonyl (C=O) groups excluding carboxylic acids is 1. The van der Waals surface area contributed by atoms with Crippen molar-refractivity contribution in [1.29, 1.82) is 0 Å². The standard InChI is InChI=1S/C12H19N3O2/c1-9(3-5-16)8-15-12(17)10-2-4-14-11(6-10)7-13/h2,4,6,9,16H,3,5,7-8,13H2,1H3,(H,15,17). The van der Waals surface area contributed by atoms with Gasteiger partial charge in [0.2, 0.25) is 0 Å². The Hall–Kier alpha value is -1.46. The predicted molar refractivity (Wildman–Crippen MR) is 65.3 cm³/mol. The van der Waals surface area contributed by atoms with Crippen LogP contribution < -0.4 is 11.1 Å². The summed E-state index contributed by atoms with van der Waals surface area (Å²) in [4.78, 5) is 15.8. The minimum atomic E-state index is -0.133. The summed E-state index contributed by atoms with van der Waals surface area (Å²) in [5.74, 6) is 0.131. The molecule has 0 bridgehead atoms. The molecule has 0 radical (unpaired) electrons. The van der Waals surface area contributed by atoms with Crippen LogP contribution in [0, 0.1) is 5.92 Å². The van der Waals surface area contributed by atoms with Crippen molar-refractivity contribution < 1.29 is 9.90 Å². The highest BCUT2D eigenvalue weighted by atomic mass is 16.3. The van der Waals surface area contributed by atoms with Crippen molar-refractivity contribution in [2.45, 2.75) is 19.9 Å². The largest absolute Gasteiger partial charge is 0.396 e. The Labute approximate surface area is 101 Å². The van der Waals surface area contributed by atoms with E-state index in [9.17, 15) is 4.79 Å². The molecule has 1 amide bonds. The molecule has 0 aliphatic rings. The number of rotatable bonds is 6. The molecule has 0 spiro atoms. The van der Waals surface area contributed by atoms with E-state index < -0.39 is 0 Å². The van der Waals surface area contributed by atoms with E-state index >= 15 is 0 Å². The van der Waals surface area contributed by atoms with Crippen LogP contribution in [0.15, 0.2) is 18.3 Å². The maximum Gasteiger partial charge on any atom is 0.251 e. The molecule has 0 aliphatic heterocycles. The Kier molecular flexibility index (Phi) is 5.59. The lowest BCUT2D eigenvalue weighted by Gasteiger charge is -2.11. The summed E-state index contributed by atoms with van der Waals surface area (Å²) in [7, 11) is 0. The number of nitrogens with one attached hydrogen (secondary N) is 1. The van der Waals surface area contributed by atoms with E-state index in [1.165, 1.54) is 0 Å². The van der Waals surface area contributed by atoms with E-state index in [-0.39, 0.29) is 18.4 Å². The van der Waals surface area contributed by atoms with Gasteiger partial charge in [-0.05, 0) is 24.5 Å². The number of aromatic nitrogens is 1. The number of hydrogen-bond acceptors (Lipinski definition) is 4. The number of amides is 1. The van der Waals surface area contributed by atoms with Gasteiger partial charge in [0, 0.05) is 31.5 Å². The second-order valence-electron chi connectivity index (χ2n) is 4.07. The SMILES string of the molecule is CC(CCO)CNC(=O)c1ccnc(CN)c1. The number of pyridine rings is 1. The lowest BCUT2D eigenvalue weighted by Crippen LogP contribution is -2.28. The van der Waals surface area contributed by atoms with E-state index in [4.69, 9.17) is 10.8 Å². The fraction of sp³-hybridized carbons (Fsp3) is 0.500. The lowest BCUT2D eigenvalue weighted by molar-refractivity contribution is 0.0945. The molecule has 1 aromatic rings. The summed E-state index contributed by atoms with van der Waals surface area (Å²) >= 11 is 0. The Morgan fingerprint density at radius 2 is 2.41 bits per heavy atom. The molecule has 1 atom stereocenters. The monoisotopic (exact) mass is 237 g/mol. The highest BCUT2D eigenvalue weighted by Crippen LogP contribution is 2.03. The summed E-state index contributed by atoms with van der Waals surface area (Å²) in [6.45, 7) is 3.00. The van der Waals surface area contributed by atoms with Crippen molar-refractivity contribution in [3.05, 3.63) is 29.6 Å². The average Bonchev–Trinajstić information content (AvgIpc) is 2.36. The molecule has 0 saturated heterocycles. The van der Waals surface area contributed by atoms with Gasteiger partial charge in [0.1, 0.15) is 0 Å². The van der Waals surface area contributed by atoms with Crippen LogP contribution in [0.5, 0.6) is 0 Å². The van der Waals surface area contributed by atoms with Gasteiger partial charge in [-0.1, -0.05) is 6.92 Å². The van der Waals surface area contributed by atoms with Crippen LogP contribution in [0.1, 0.15) is 29.4 Å². The topological polar surface area (TPSA) is 88.2 Å². The summed E-state index contributed by atoms with van der Waals surface area (Å²) in [6, 6.07) is 3.34. The quantitative estimate of drug-likeness (QED) is 0.663. The van der Waals surface area contributed by atoms with Crippen LogP contribution >= 0.6 is 0 Å². The first-order valence-corrected chi connectivity index (χ1v) is 5.71. The van der Waals surface area contributed by atoms with Gasteiger partial charge >= 0.3 is 0 Å². The maximum absolute atomic E-state index is 11.8. The summed E-state index contributed by atoms with van der Waals surface area (Å²) in [6.07, 6.45) is 2.26. The van der Waals surface area contributed by atoms with Gasteiger partial charge < -0.3 is 16.2 Å². The van der Waals surface area contributed by atoms with Crippen molar-refractivity contribution in [1.82, 2.24) is 10.3 Å². The zero-order chi connectivity index (χ0) is 12.7. The Balaban J connectivity index is 2.51. The average molecular weight is 237 g/mol. The third-order valence-corrected chi connectivity index (χ3v) is 2.52. The molecule has 17 heavy (non-hydrogen) atoms. The van der Waals surface area contributed by atoms with Crippen molar-refractivity contribution in [2.24, 2.45) is 11.7 Å². The van der Waals surface area contributed by atoms with Gasteiger partial charge in [-0.2, -0.15) is 0 Å². The summed E-state index contributed by atoms with van der Waals surface area (Å²) in [5, 5.41) is 11.6. The number of hydrogen-bond donors (Lipinski definition) is 3. The molecule has 0 aromatic carbocycles. The van der Waals surface area contributed by atoms with Crippen molar-refractivity contribution in [2.75, 3.05) is 13.2 Å². The molecule has 1 unspecified atom stereocenters. The van der Waals surface area contributed by atoms with Crippen molar-refractivity contribution in [3.63, 3.8) is 0 Å². The molecule has 0 fully saturated rings. The third-order valence-electron chi connectivity index (χ3n) is 2.52. The number of nitrogens with two attached hydrogens (primary N) is 1. The molecule has 5 heteroatoms. The van der Waals surface area contributed by atoms with Crippen molar-refractivity contribution >= 4 is 5.91 Å². The Morgan fingerprint density at radius 3 is 3.06 bits per heavy atom. The van der Waals surface area contributed by atoms with Crippen molar-refractivity contribution in [3.8, 4) is 0 Å². The first-order valence-electron chi connectivity index (χ1n) is 5.71. The van der Waals surface area contributed by atoms with E-state index in [0.29, 0.717) is 30.8 Å². The van der Waals surface area contributed by atoms with Gasteiger partial charge in [0.15, 0.2) is 0 Å². The van der Waals surface area contributed by atoms with E-state index in [1.807, 2.05) is 6.92 Å². The predicted octanol–water partition coefficient (Wildman–Crippen LogP) is 0.289. The normalized spacial score (nSPS) is 12.2. The minimum Gasteiger partial charge on any atom is -0.396 e. The van der Waals surface area contributed by atoms with Crippen LogP contribution in [0.2, 0.25) is 0 Å². The zero-order valence-corrected chi connectivity index (χ0v) is 10.0. The van der Waals surface area contributed by atoms with Crippen LogP contribution in [-0.2, 0) is 6.54 Å². The Morgan fingerprint density at radius 1 is 1.65 bits per heavy atom. The first kappa shape index (κ1) is 13.6. The molecule has 94 valence electrons. The molecule has 1 aromatic heterocycles. The Bertz CT molecular complexity index is 369. The van der Waals surface area contributed by atoms with Gasteiger partial charge in [-0.3, -0.25) is 9.78 Å².